The standard InChI is InChI=1S/C22H28F2N4O5S/c1-3-27(4-2)14-17-6-8-19(33-17)22(30)26-25-21(29)15-9-11-28(12-10-15)34(31,32)20-13-16(23)5-7-18(20)24/h5-8,13,15H,3-4,9-12,14H2,1-2H3,(H,25,29)(H,26,30). The maximum Gasteiger partial charge on any atom is 0.305 e. The number of hydrazine groups is 1. The van der Waals surface area contributed by atoms with Crippen molar-refractivity contribution in [1.29, 1.82) is 0 Å². The van der Waals surface area contributed by atoms with E-state index in [0.29, 0.717) is 18.4 Å². The average molecular weight is 499 g/mol. The van der Waals surface area contributed by atoms with E-state index in [2.05, 4.69) is 15.8 Å². The zero-order chi connectivity index (χ0) is 24.9. The van der Waals surface area contributed by atoms with Crippen LogP contribution in [0, 0.1) is 17.6 Å². The van der Waals surface area contributed by atoms with Crippen LogP contribution in [0.25, 0.3) is 0 Å². The number of piperidine rings is 1. The van der Waals surface area contributed by atoms with Gasteiger partial charge >= 0.3 is 5.91 Å². The van der Waals surface area contributed by atoms with E-state index >= 15 is 0 Å². The lowest BCUT2D eigenvalue weighted by Crippen LogP contribution is -2.48. The second-order valence-electron chi connectivity index (χ2n) is 7.92. The molecular formula is C22H28F2N4O5S. The predicted molar refractivity (Wildman–Crippen MR) is 119 cm³/mol. The van der Waals surface area contributed by atoms with Crippen LogP contribution in [0.3, 0.4) is 0 Å². The molecular weight excluding hydrogens is 470 g/mol. The molecule has 2 heterocycles. The maximum absolute atomic E-state index is 14.0. The van der Waals surface area contributed by atoms with Crippen LogP contribution in [0.1, 0.15) is 43.0 Å². The van der Waals surface area contributed by atoms with Crippen molar-refractivity contribution in [1.82, 2.24) is 20.1 Å². The lowest BCUT2D eigenvalue weighted by molar-refractivity contribution is -0.126. The number of halogens is 2. The first-order valence-electron chi connectivity index (χ1n) is 11.0. The molecule has 0 aliphatic carbocycles. The third-order valence-electron chi connectivity index (χ3n) is 5.79. The summed E-state index contributed by atoms with van der Waals surface area (Å²) in [7, 11) is -4.24. The summed E-state index contributed by atoms with van der Waals surface area (Å²) in [5, 5.41) is 0. The Kier molecular flexibility index (Phi) is 8.39. The van der Waals surface area contributed by atoms with Gasteiger partial charge in [0.1, 0.15) is 22.3 Å². The second kappa shape index (κ2) is 11.1. The van der Waals surface area contributed by atoms with E-state index in [1.807, 2.05) is 13.8 Å². The van der Waals surface area contributed by atoms with Gasteiger partial charge < -0.3 is 4.42 Å². The van der Waals surface area contributed by atoms with Gasteiger partial charge in [-0.25, -0.2) is 17.2 Å². The molecule has 3 rings (SSSR count). The minimum atomic E-state index is -4.24. The number of carbonyl (C=O) groups is 2. The van der Waals surface area contributed by atoms with Crippen LogP contribution in [0.4, 0.5) is 8.78 Å². The molecule has 0 bridgehead atoms. The minimum Gasteiger partial charge on any atom is -0.454 e. The zero-order valence-corrected chi connectivity index (χ0v) is 19.8. The number of rotatable bonds is 8. The molecule has 0 unspecified atom stereocenters. The van der Waals surface area contributed by atoms with Crippen LogP contribution < -0.4 is 10.9 Å². The van der Waals surface area contributed by atoms with Crippen molar-refractivity contribution in [2.24, 2.45) is 5.92 Å². The van der Waals surface area contributed by atoms with Crippen molar-refractivity contribution >= 4 is 21.8 Å². The Hall–Kier alpha value is -2.83. The van der Waals surface area contributed by atoms with Crippen LogP contribution in [-0.4, -0.2) is 55.6 Å². The van der Waals surface area contributed by atoms with Gasteiger partial charge in [-0.1, -0.05) is 13.8 Å². The number of hydrogen-bond donors (Lipinski definition) is 2. The van der Waals surface area contributed by atoms with Gasteiger partial charge in [0.25, 0.3) is 0 Å². The molecule has 186 valence electrons. The van der Waals surface area contributed by atoms with E-state index in [0.717, 1.165) is 29.5 Å². The van der Waals surface area contributed by atoms with E-state index in [1.165, 1.54) is 6.07 Å². The SMILES string of the molecule is CCN(CC)Cc1ccc(C(=O)NNC(=O)C2CCN(S(=O)(=O)c3cc(F)ccc3F)CC2)o1. The molecule has 0 spiro atoms. The summed E-state index contributed by atoms with van der Waals surface area (Å²) >= 11 is 0. The highest BCUT2D eigenvalue weighted by Gasteiger charge is 2.34. The quantitative estimate of drug-likeness (QED) is 0.540. The third-order valence-corrected chi connectivity index (χ3v) is 7.71. The Balaban J connectivity index is 1.51. The van der Waals surface area contributed by atoms with Crippen LogP contribution in [-0.2, 0) is 21.4 Å². The fraction of sp³-hybridized carbons (Fsp3) is 0.455. The summed E-state index contributed by atoms with van der Waals surface area (Å²) in [5.41, 5.74) is 4.64. The number of benzene rings is 1. The smallest absolute Gasteiger partial charge is 0.305 e. The molecule has 2 amide bonds. The fourth-order valence-electron chi connectivity index (χ4n) is 3.71. The summed E-state index contributed by atoms with van der Waals surface area (Å²) < 4.78 is 59.3. The van der Waals surface area contributed by atoms with Gasteiger partial charge in [-0.15, -0.1) is 0 Å². The number of nitrogens with one attached hydrogen (secondary N) is 2. The van der Waals surface area contributed by atoms with Crippen LogP contribution in [0.5, 0.6) is 0 Å². The van der Waals surface area contributed by atoms with Gasteiger partial charge in [0.15, 0.2) is 5.76 Å². The zero-order valence-electron chi connectivity index (χ0n) is 19.0. The Morgan fingerprint density at radius 3 is 2.41 bits per heavy atom. The monoisotopic (exact) mass is 498 g/mol. The van der Waals surface area contributed by atoms with Crippen molar-refractivity contribution in [2.45, 2.75) is 38.1 Å². The fourth-order valence-corrected chi connectivity index (χ4v) is 5.25. The Morgan fingerprint density at radius 1 is 1.09 bits per heavy atom. The summed E-state index contributed by atoms with van der Waals surface area (Å²) in [4.78, 5) is 26.1. The molecule has 1 aromatic heterocycles. The maximum atomic E-state index is 14.0. The largest absolute Gasteiger partial charge is 0.454 e. The number of amides is 2. The summed E-state index contributed by atoms with van der Waals surface area (Å²) in [6, 6.07) is 5.47. The number of carbonyl (C=O) groups excluding carboxylic acids is 2. The van der Waals surface area contributed by atoms with Gasteiger partial charge in [-0.2, -0.15) is 4.31 Å². The molecule has 9 nitrogen and oxygen atoms in total. The number of sulfonamides is 1. The third kappa shape index (κ3) is 5.99. The minimum absolute atomic E-state index is 0.0444. The Morgan fingerprint density at radius 2 is 1.76 bits per heavy atom. The molecule has 0 saturated carbocycles. The Bertz CT molecular complexity index is 1130. The van der Waals surface area contributed by atoms with Crippen molar-refractivity contribution < 1.29 is 31.2 Å². The number of furan rings is 1. The lowest BCUT2D eigenvalue weighted by atomic mass is 9.98. The van der Waals surface area contributed by atoms with E-state index in [-0.39, 0.29) is 31.7 Å². The van der Waals surface area contributed by atoms with Crippen LogP contribution >= 0.6 is 0 Å². The van der Waals surface area contributed by atoms with E-state index in [4.69, 9.17) is 4.42 Å². The van der Waals surface area contributed by atoms with Crippen molar-refractivity contribution in [3.8, 4) is 0 Å². The normalized spacial score (nSPS) is 15.4. The summed E-state index contributed by atoms with van der Waals surface area (Å²) in [6.45, 7) is 6.20. The van der Waals surface area contributed by atoms with E-state index in [1.54, 1.807) is 6.07 Å². The average Bonchev–Trinajstić information content (AvgIpc) is 3.31. The van der Waals surface area contributed by atoms with E-state index in [9.17, 15) is 26.8 Å². The molecule has 2 N–H and O–H groups in total. The predicted octanol–water partition coefficient (Wildman–Crippen LogP) is 2.26. The van der Waals surface area contributed by atoms with Crippen molar-refractivity contribution in [3.63, 3.8) is 0 Å². The van der Waals surface area contributed by atoms with Crippen LogP contribution in [0.2, 0.25) is 0 Å². The number of hydrogen-bond acceptors (Lipinski definition) is 6. The first-order valence-corrected chi connectivity index (χ1v) is 12.5. The number of nitrogens with zero attached hydrogens (tertiary/aromatic N) is 2. The molecule has 0 radical (unpaired) electrons. The highest BCUT2D eigenvalue weighted by Crippen LogP contribution is 2.26. The molecule has 1 aromatic carbocycles. The van der Waals surface area contributed by atoms with Gasteiger partial charge in [-0.05, 0) is 56.3 Å². The molecule has 1 aliphatic heterocycles. The van der Waals surface area contributed by atoms with Crippen molar-refractivity contribution in [3.05, 3.63) is 53.5 Å². The van der Waals surface area contributed by atoms with Gasteiger partial charge in [-0.3, -0.25) is 25.3 Å². The second-order valence-corrected chi connectivity index (χ2v) is 9.83. The molecule has 12 heteroatoms. The molecule has 0 atom stereocenters. The molecule has 1 aliphatic rings. The van der Waals surface area contributed by atoms with Crippen LogP contribution in [0.15, 0.2) is 39.6 Å². The summed E-state index contributed by atoms with van der Waals surface area (Å²) in [6.07, 6.45) is 0.319. The Labute approximate surface area is 197 Å². The van der Waals surface area contributed by atoms with Crippen molar-refractivity contribution in [2.75, 3.05) is 26.2 Å². The van der Waals surface area contributed by atoms with Gasteiger partial charge in [0, 0.05) is 19.0 Å². The summed E-state index contributed by atoms with van der Waals surface area (Å²) in [5.74, 6) is -2.86. The molecule has 1 fully saturated rings. The lowest BCUT2D eigenvalue weighted by Gasteiger charge is -2.30. The van der Waals surface area contributed by atoms with Gasteiger partial charge in [0.05, 0.1) is 6.54 Å². The first-order chi connectivity index (χ1) is 16.1. The highest BCUT2D eigenvalue weighted by atomic mass is 32.2. The topological polar surface area (TPSA) is 112 Å². The highest BCUT2D eigenvalue weighted by molar-refractivity contribution is 7.89. The molecule has 34 heavy (non-hydrogen) atoms. The molecule has 1 saturated heterocycles. The van der Waals surface area contributed by atoms with E-state index < -0.39 is 44.3 Å². The first kappa shape index (κ1) is 25.8. The van der Waals surface area contributed by atoms with Gasteiger partial charge in [0.2, 0.25) is 15.9 Å². The molecule has 2 aromatic rings.